The van der Waals surface area contributed by atoms with Crippen LogP contribution < -0.4 is 0 Å². The molecule has 0 spiro atoms. The molecule has 1 atom stereocenters. The number of hydrogen-bond acceptors (Lipinski definition) is 5. The van der Waals surface area contributed by atoms with Crippen LogP contribution in [0.25, 0.3) is 11.3 Å². The SMILES string of the molecule is N#CC(C(=O)c1ccsc1)c1nc(-c2ccc(Cl)cc2)cs1. The molecule has 1 unspecified atom stereocenters. The largest absolute Gasteiger partial charge is 0.292 e. The van der Waals surface area contributed by atoms with Gasteiger partial charge < -0.3 is 0 Å². The molecule has 108 valence electrons. The van der Waals surface area contributed by atoms with Crippen LogP contribution in [0, 0.1) is 11.3 Å². The number of hydrogen-bond donors (Lipinski definition) is 0. The number of Topliss-reactive ketones (excluding diaryl/α,β-unsaturated/α-hetero) is 1. The molecular formula is C16H9ClN2OS2. The lowest BCUT2D eigenvalue weighted by Gasteiger charge is -2.03. The van der Waals surface area contributed by atoms with Crippen LogP contribution in [0.5, 0.6) is 0 Å². The first-order valence-electron chi connectivity index (χ1n) is 6.36. The average Bonchev–Trinajstić information content (AvgIpc) is 3.20. The summed E-state index contributed by atoms with van der Waals surface area (Å²) in [5.41, 5.74) is 2.21. The number of halogens is 1. The van der Waals surface area contributed by atoms with Crippen molar-refractivity contribution in [2.24, 2.45) is 0 Å². The van der Waals surface area contributed by atoms with E-state index in [9.17, 15) is 10.1 Å². The third kappa shape index (κ3) is 2.95. The second kappa shape index (κ2) is 6.41. The van der Waals surface area contributed by atoms with Crippen LogP contribution >= 0.6 is 34.3 Å². The summed E-state index contributed by atoms with van der Waals surface area (Å²) in [4.78, 5) is 16.8. The summed E-state index contributed by atoms with van der Waals surface area (Å²) in [6, 6.07) is 11.1. The molecule has 2 aromatic heterocycles. The van der Waals surface area contributed by atoms with E-state index in [1.165, 1.54) is 22.7 Å². The lowest BCUT2D eigenvalue weighted by Crippen LogP contribution is -2.10. The molecule has 0 aliphatic rings. The van der Waals surface area contributed by atoms with Gasteiger partial charge in [0.25, 0.3) is 0 Å². The Balaban J connectivity index is 1.90. The topological polar surface area (TPSA) is 53.8 Å². The third-order valence-corrected chi connectivity index (χ3v) is 4.95. The normalized spacial score (nSPS) is 11.8. The molecular weight excluding hydrogens is 336 g/mol. The Morgan fingerprint density at radius 3 is 2.64 bits per heavy atom. The minimum Gasteiger partial charge on any atom is -0.292 e. The summed E-state index contributed by atoms with van der Waals surface area (Å²) in [6.07, 6.45) is 0. The van der Waals surface area contributed by atoms with Crippen LogP contribution in [0.4, 0.5) is 0 Å². The van der Waals surface area contributed by atoms with E-state index in [1.807, 2.05) is 22.9 Å². The number of thiazole rings is 1. The van der Waals surface area contributed by atoms with Gasteiger partial charge >= 0.3 is 0 Å². The Morgan fingerprint density at radius 1 is 1.23 bits per heavy atom. The Morgan fingerprint density at radius 2 is 2.00 bits per heavy atom. The number of ketones is 1. The second-order valence-electron chi connectivity index (χ2n) is 4.52. The van der Waals surface area contributed by atoms with E-state index in [1.54, 1.807) is 23.6 Å². The second-order valence-corrected chi connectivity index (χ2v) is 6.62. The van der Waals surface area contributed by atoms with Gasteiger partial charge in [-0.1, -0.05) is 23.7 Å². The quantitative estimate of drug-likeness (QED) is 0.625. The first-order chi connectivity index (χ1) is 10.7. The molecule has 0 aliphatic heterocycles. The maximum Gasteiger partial charge on any atom is 0.187 e. The Kier molecular flexibility index (Phi) is 4.34. The van der Waals surface area contributed by atoms with Gasteiger partial charge in [-0.2, -0.15) is 16.6 Å². The summed E-state index contributed by atoms with van der Waals surface area (Å²) in [7, 11) is 0. The summed E-state index contributed by atoms with van der Waals surface area (Å²) < 4.78 is 0. The van der Waals surface area contributed by atoms with Gasteiger partial charge in [0.1, 0.15) is 5.01 Å². The highest BCUT2D eigenvalue weighted by Gasteiger charge is 2.25. The van der Waals surface area contributed by atoms with E-state index in [4.69, 9.17) is 11.6 Å². The van der Waals surface area contributed by atoms with E-state index in [-0.39, 0.29) is 5.78 Å². The molecule has 3 nitrogen and oxygen atoms in total. The van der Waals surface area contributed by atoms with Crippen molar-refractivity contribution < 1.29 is 4.79 Å². The molecule has 0 aliphatic carbocycles. The van der Waals surface area contributed by atoms with Crippen LogP contribution in [-0.2, 0) is 0 Å². The van der Waals surface area contributed by atoms with E-state index in [2.05, 4.69) is 11.1 Å². The van der Waals surface area contributed by atoms with Gasteiger partial charge in [-0.05, 0) is 23.6 Å². The van der Waals surface area contributed by atoms with Gasteiger partial charge in [0.05, 0.1) is 11.8 Å². The number of nitriles is 1. The van der Waals surface area contributed by atoms with Crippen LogP contribution in [0.15, 0.2) is 46.5 Å². The number of carbonyl (C=O) groups is 1. The summed E-state index contributed by atoms with van der Waals surface area (Å²) >= 11 is 8.63. The lowest BCUT2D eigenvalue weighted by molar-refractivity contribution is 0.0979. The fourth-order valence-electron chi connectivity index (χ4n) is 1.97. The van der Waals surface area contributed by atoms with Crippen molar-refractivity contribution >= 4 is 40.1 Å². The van der Waals surface area contributed by atoms with Crippen LogP contribution in [0.2, 0.25) is 5.02 Å². The molecule has 3 aromatic rings. The number of thiophene rings is 1. The van der Waals surface area contributed by atoms with E-state index in [0.29, 0.717) is 15.6 Å². The Hall–Kier alpha value is -2.00. The highest BCUT2D eigenvalue weighted by Crippen LogP contribution is 2.29. The summed E-state index contributed by atoms with van der Waals surface area (Å²) in [5.74, 6) is -1.07. The first kappa shape index (κ1) is 14.9. The molecule has 0 amide bonds. The summed E-state index contributed by atoms with van der Waals surface area (Å²) in [6.45, 7) is 0. The molecule has 0 radical (unpaired) electrons. The number of nitrogens with zero attached hydrogens (tertiary/aromatic N) is 2. The predicted octanol–water partition coefficient (Wildman–Crippen LogP) is 5.02. The fraction of sp³-hybridized carbons (Fsp3) is 0.0625. The average molecular weight is 345 g/mol. The van der Waals surface area contributed by atoms with Gasteiger partial charge in [-0.3, -0.25) is 4.79 Å². The first-order valence-corrected chi connectivity index (χ1v) is 8.56. The van der Waals surface area contributed by atoms with E-state index in [0.717, 1.165) is 11.3 Å². The van der Waals surface area contributed by atoms with Gasteiger partial charge in [0.15, 0.2) is 11.7 Å². The third-order valence-electron chi connectivity index (χ3n) is 3.11. The number of carbonyl (C=O) groups excluding carboxylic acids is 1. The van der Waals surface area contributed by atoms with Crippen molar-refractivity contribution in [3.05, 3.63) is 62.1 Å². The smallest absolute Gasteiger partial charge is 0.187 e. The summed E-state index contributed by atoms with van der Waals surface area (Å²) in [5, 5.41) is 15.9. The van der Waals surface area contributed by atoms with E-state index < -0.39 is 5.92 Å². The van der Waals surface area contributed by atoms with Crippen molar-refractivity contribution in [1.82, 2.24) is 4.98 Å². The van der Waals surface area contributed by atoms with Crippen molar-refractivity contribution in [2.75, 3.05) is 0 Å². The molecule has 0 saturated carbocycles. The minimum absolute atomic E-state index is 0.208. The van der Waals surface area contributed by atoms with Crippen LogP contribution in [0.1, 0.15) is 21.3 Å². The maximum atomic E-state index is 12.4. The zero-order chi connectivity index (χ0) is 15.5. The molecule has 6 heteroatoms. The van der Waals surface area contributed by atoms with Crippen molar-refractivity contribution in [3.8, 4) is 17.3 Å². The Bertz CT molecular complexity index is 832. The molecule has 22 heavy (non-hydrogen) atoms. The van der Waals surface area contributed by atoms with Gasteiger partial charge in [0, 0.05) is 26.9 Å². The maximum absolute atomic E-state index is 12.4. The van der Waals surface area contributed by atoms with Gasteiger partial charge in [-0.15, -0.1) is 11.3 Å². The van der Waals surface area contributed by atoms with Crippen LogP contribution in [0.3, 0.4) is 0 Å². The number of rotatable bonds is 4. The molecule has 2 heterocycles. The highest BCUT2D eigenvalue weighted by atomic mass is 35.5. The van der Waals surface area contributed by atoms with E-state index >= 15 is 0 Å². The predicted molar refractivity (Wildman–Crippen MR) is 89.6 cm³/mol. The van der Waals surface area contributed by atoms with Gasteiger partial charge in [0.2, 0.25) is 0 Å². The van der Waals surface area contributed by atoms with Crippen LogP contribution in [-0.4, -0.2) is 10.8 Å². The Labute approximate surface area is 140 Å². The molecule has 0 fully saturated rings. The molecule has 0 N–H and O–H groups in total. The minimum atomic E-state index is -0.861. The number of aromatic nitrogens is 1. The zero-order valence-corrected chi connectivity index (χ0v) is 13.6. The van der Waals surface area contributed by atoms with Gasteiger partial charge in [-0.25, -0.2) is 4.98 Å². The monoisotopic (exact) mass is 344 g/mol. The van der Waals surface area contributed by atoms with Crippen molar-refractivity contribution in [2.45, 2.75) is 5.92 Å². The standard InChI is InChI=1S/C16H9ClN2OS2/c17-12-3-1-10(2-4-12)14-9-22-16(19-14)13(7-18)15(20)11-5-6-21-8-11/h1-6,8-9,13H. The highest BCUT2D eigenvalue weighted by molar-refractivity contribution is 7.10. The molecule has 3 rings (SSSR count). The molecule has 0 saturated heterocycles. The fourth-order valence-corrected chi connectivity index (χ4v) is 3.61. The molecule has 0 bridgehead atoms. The van der Waals surface area contributed by atoms with Crippen molar-refractivity contribution in [3.63, 3.8) is 0 Å². The number of benzene rings is 1. The lowest BCUT2D eigenvalue weighted by atomic mass is 10.0. The molecule has 1 aromatic carbocycles. The van der Waals surface area contributed by atoms with Crippen molar-refractivity contribution in [1.29, 1.82) is 5.26 Å². The zero-order valence-electron chi connectivity index (χ0n) is 11.2.